The van der Waals surface area contributed by atoms with Gasteiger partial charge in [0.1, 0.15) is 0 Å². The van der Waals surface area contributed by atoms with Crippen molar-refractivity contribution >= 4 is 11.7 Å². The van der Waals surface area contributed by atoms with Gasteiger partial charge in [0.15, 0.2) is 0 Å². The van der Waals surface area contributed by atoms with Crippen LogP contribution in [0.15, 0.2) is 24.7 Å². The summed E-state index contributed by atoms with van der Waals surface area (Å²) >= 11 is 0. The van der Waals surface area contributed by atoms with E-state index in [9.17, 15) is 14.9 Å². The van der Waals surface area contributed by atoms with Crippen LogP contribution in [0, 0.1) is 10.1 Å². The first-order valence-electron chi connectivity index (χ1n) is 6.35. The zero-order chi connectivity index (χ0) is 15.4. The largest absolute Gasteiger partial charge is 0.389 e. The number of aryl methyl sites for hydroxylation is 2. The van der Waals surface area contributed by atoms with Gasteiger partial charge in [0.2, 0.25) is 5.91 Å². The molecule has 112 valence electrons. The topological polar surface area (TPSA) is 99.1 Å². The van der Waals surface area contributed by atoms with Gasteiger partial charge >= 0.3 is 5.82 Å². The van der Waals surface area contributed by atoms with Crippen LogP contribution in [-0.4, -0.2) is 42.3 Å². The number of amides is 1. The Balaban J connectivity index is 1.84. The van der Waals surface area contributed by atoms with E-state index < -0.39 is 4.92 Å². The van der Waals surface area contributed by atoms with Gasteiger partial charge in [-0.25, -0.2) is 0 Å². The first-order valence-corrected chi connectivity index (χ1v) is 6.35. The number of nitro groups is 1. The van der Waals surface area contributed by atoms with Gasteiger partial charge in [-0.15, -0.1) is 0 Å². The number of rotatable bonds is 6. The summed E-state index contributed by atoms with van der Waals surface area (Å²) in [6.45, 7) is 0.788. The van der Waals surface area contributed by atoms with Crippen LogP contribution in [0.1, 0.15) is 12.0 Å². The second kappa shape index (κ2) is 6.16. The van der Waals surface area contributed by atoms with E-state index >= 15 is 0 Å². The maximum atomic E-state index is 12.0. The molecule has 0 fully saturated rings. The molecule has 0 unspecified atom stereocenters. The Morgan fingerprint density at radius 2 is 2.29 bits per heavy atom. The van der Waals surface area contributed by atoms with Gasteiger partial charge in [-0.2, -0.15) is 9.78 Å². The average molecular weight is 292 g/mol. The first-order chi connectivity index (χ1) is 9.95. The molecule has 0 bridgehead atoms. The molecule has 2 aromatic heterocycles. The molecule has 0 aliphatic rings. The first kappa shape index (κ1) is 14.7. The summed E-state index contributed by atoms with van der Waals surface area (Å²) in [4.78, 5) is 23.5. The van der Waals surface area contributed by atoms with Crippen LogP contribution in [0.4, 0.5) is 5.82 Å². The summed E-state index contributed by atoms with van der Waals surface area (Å²) in [6, 6.07) is 1.31. The van der Waals surface area contributed by atoms with E-state index in [0.29, 0.717) is 13.1 Å². The van der Waals surface area contributed by atoms with Crippen LogP contribution in [-0.2, 0) is 24.9 Å². The maximum absolute atomic E-state index is 12.0. The zero-order valence-electron chi connectivity index (χ0n) is 11.8. The molecule has 2 heterocycles. The molecule has 9 heteroatoms. The quantitative estimate of drug-likeness (QED) is 0.572. The predicted molar refractivity (Wildman–Crippen MR) is 73.2 cm³/mol. The molecule has 0 aliphatic carbocycles. The van der Waals surface area contributed by atoms with E-state index in [-0.39, 0.29) is 18.1 Å². The standard InChI is InChI=1S/C12H16N6O3/c1-15(8-10-7-13-16(2)9-10)12(19)4-6-17-5-3-11(14-17)18(20)21/h3,5,7,9H,4,6,8H2,1-2H3. The van der Waals surface area contributed by atoms with Gasteiger partial charge in [-0.1, -0.05) is 0 Å². The lowest BCUT2D eigenvalue weighted by Crippen LogP contribution is -2.27. The highest BCUT2D eigenvalue weighted by Crippen LogP contribution is 2.07. The van der Waals surface area contributed by atoms with Crippen molar-refractivity contribution in [1.29, 1.82) is 0 Å². The van der Waals surface area contributed by atoms with E-state index in [1.54, 1.807) is 22.8 Å². The molecule has 2 aromatic rings. The molecule has 0 saturated heterocycles. The molecular formula is C12H16N6O3. The van der Waals surface area contributed by atoms with Crippen LogP contribution >= 0.6 is 0 Å². The molecular weight excluding hydrogens is 276 g/mol. The Kier molecular flexibility index (Phi) is 4.31. The molecule has 0 spiro atoms. The van der Waals surface area contributed by atoms with Gasteiger partial charge in [0, 0.05) is 38.8 Å². The second-order valence-electron chi connectivity index (χ2n) is 4.72. The number of aromatic nitrogens is 4. The Labute approximate surface area is 120 Å². The minimum Gasteiger partial charge on any atom is -0.358 e. The number of carbonyl (C=O) groups excluding carboxylic acids is 1. The number of nitrogens with zero attached hydrogens (tertiary/aromatic N) is 6. The highest BCUT2D eigenvalue weighted by molar-refractivity contribution is 5.75. The number of hydrogen-bond donors (Lipinski definition) is 0. The molecule has 0 aromatic carbocycles. The minimum absolute atomic E-state index is 0.0583. The third-order valence-electron chi connectivity index (χ3n) is 2.97. The van der Waals surface area contributed by atoms with Crippen LogP contribution in [0.2, 0.25) is 0 Å². The smallest absolute Gasteiger partial charge is 0.358 e. The lowest BCUT2D eigenvalue weighted by molar-refractivity contribution is -0.389. The lowest BCUT2D eigenvalue weighted by Gasteiger charge is -2.15. The van der Waals surface area contributed by atoms with Gasteiger partial charge in [-0.05, 0) is 4.92 Å². The average Bonchev–Trinajstić information content (AvgIpc) is 3.05. The van der Waals surface area contributed by atoms with Crippen molar-refractivity contribution in [2.75, 3.05) is 7.05 Å². The van der Waals surface area contributed by atoms with Crippen molar-refractivity contribution in [3.05, 3.63) is 40.3 Å². The number of carbonyl (C=O) groups is 1. The summed E-state index contributed by atoms with van der Waals surface area (Å²) in [6.07, 6.45) is 5.28. The highest BCUT2D eigenvalue weighted by Gasteiger charge is 2.14. The van der Waals surface area contributed by atoms with Gasteiger partial charge < -0.3 is 15.0 Å². The fourth-order valence-electron chi connectivity index (χ4n) is 1.89. The van der Waals surface area contributed by atoms with Gasteiger partial charge in [-0.3, -0.25) is 9.48 Å². The van der Waals surface area contributed by atoms with Crippen LogP contribution in [0.25, 0.3) is 0 Å². The van der Waals surface area contributed by atoms with Crippen molar-refractivity contribution < 1.29 is 9.72 Å². The minimum atomic E-state index is -0.563. The Hall–Kier alpha value is -2.71. The SMILES string of the molecule is CN(Cc1cnn(C)c1)C(=O)CCn1ccc([N+](=O)[O-])n1. The molecule has 0 aliphatic heterocycles. The van der Waals surface area contributed by atoms with Crippen molar-refractivity contribution in [3.8, 4) is 0 Å². The third kappa shape index (κ3) is 3.88. The summed E-state index contributed by atoms with van der Waals surface area (Å²) in [5.74, 6) is -0.275. The fourth-order valence-corrected chi connectivity index (χ4v) is 1.89. The highest BCUT2D eigenvalue weighted by atomic mass is 16.6. The predicted octanol–water partition coefficient (Wildman–Crippen LogP) is 0.573. The summed E-state index contributed by atoms with van der Waals surface area (Å²) < 4.78 is 3.07. The monoisotopic (exact) mass is 292 g/mol. The van der Waals surface area contributed by atoms with E-state index in [0.717, 1.165) is 5.56 Å². The molecule has 21 heavy (non-hydrogen) atoms. The van der Waals surface area contributed by atoms with Crippen molar-refractivity contribution in [1.82, 2.24) is 24.5 Å². The zero-order valence-corrected chi connectivity index (χ0v) is 11.8. The Morgan fingerprint density at radius 3 is 2.86 bits per heavy atom. The maximum Gasteiger partial charge on any atom is 0.389 e. The van der Waals surface area contributed by atoms with E-state index in [4.69, 9.17) is 0 Å². The Bertz CT molecular complexity index is 647. The molecule has 2 rings (SSSR count). The fraction of sp³-hybridized carbons (Fsp3) is 0.417. The normalized spacial score (nSPS) is 10.6. The van der Waals surface area contributed by atoms with Crippen LogP contribution < -0.4 is 0 Å². The van der Waals surface area contributed by atoms with Crippen molar-refractivity contribution in [2.24, 2.45) is 7.05 Å². The second-order valence-corrected chi connectivity index (χ2v) is 4.72. The van der Waals surface area contributed by atoms with Gasteiger partial charge in [0.25, 0.3) is 0 Å². The molecule has 9 nitrogen and oxygen atoms in total. The lowest BCUT2D eigenvalue weighted by atomic mass is 10.3. The van der Waals surface area contributed by atoms with E-state index in [1.165, 1.54) is 16.9 Å². The van der Waals surface area contributed by atoms with Crippen LogP contribution in [0.3, 0.4) is 0 Å². The molecule has 0 saturated carbocycles. The summed E-state index contributed by atoms with van der Waals surface area (Å²) in [5, 5.41) is 18.3. The summed E-state index contributed by atoms with van der Waals surface area (Å²) in [7, 11) is 3.52. The van der Waals surface area contributed by atoms with Gasteiger partial charge in [0.05, 0.1) is 30.1 Å². The number of hydrogen-bond acceptors (Lipinski definition) is 5. The molecule has 0 N–H and O–H groups in total. The van der Waals surface area contributed by atoms with Crippen molar-refractivity contribution in [2.45, 2.75) is 19.5 Å². The summed E-state index contributed by atoms with van der Waals surface area (Å²) in [5.41, 5.74) is 0.947. The van der Waals surface area contributed by atoms with E-state index in [1.807, 2.05) is 13.2 Å². The van der Waals surface area contributed by atoms with Crippen molar-refractivity contribution in [3.63, 3.8) is 0 Å². The molecule has 0 atom stereocenters. The molecule has 1 amide bonds. The van der Waals surface area contributed by atoms with Crippen LogP contribution in [0.5, 0.6) is 0 Å². The van der Waals surface area contributed by atoms with E-state index in [2.05, 4.69) is 10.2 Å². The molecule has 0 radical (unpaired) electrons. The Morgan fingerprint density at radius 1 is 1.52 bits per heavy atom. The third-order valence-corrected chi connectivity index (χ3v) is 2.97.